The van der Waals surface area contributed by atoms with Crippen molar-refractivity contribution in [2.24, 2.45) is 5.92 Å². The van der Waals surface area contributed by atoms with E-state index in [2.05, 4.69) is 103 Å². The van der Waals surface area contributed by atoms with E-state index in [0.717, 1.165) is 18.5 Å². The van der Waals surface area contributed by atoms with Crippen molar-refractivity contribution in [3.63, 3.8) is 0 Å². The molecule has 3 aromatic rings. The summed E-state index contributed by atoms with van der Waals surface area (Å²) in [6.45, 7) is 2.15. The smallest absolute Gasteiger partial charge is 0.0911 e. The van der Waals surface area contributed by atoms with Crippen LogP contribution < -0.4 is 5.06 Å². The summed E-state index contributed by atoms with van der Waals surface area (Å²) in [4.78, 5) is 6.62. The third-order valence-electron chi connectivity index (χ3n) is 6.48. The molecule has 3 unspecified atom stereocenters. The highest BCUT2D eigenvalue weighted by Gasteiger charge is 2.38. The molecule has 0 aromatic heterocycles. The van der Waals surface area contributed by atoms with Crippen LogP contribution in [-0.4, -0.2) is 6.10 Å². The first-order valence-electron chi connectivity index (χ1n) is 11.1. The molecule has 0 radical (unpaired) electrons. The number of anilines is 1. The van der Waals surface area contributed by atoms with Gasteiger partial charge >= 0.3 is 0 Å². The van der Waals surface area contributed by atoms with Gasteiger partial charge in [0.1, 0.15) is 0 Å². The summed E-state index contributed by atoms with van der Waals surface area (Å²) in [5.74, 6) is 0.607. The molecule has 2 nitrogen and oxygen atoms in total. The molecular formula is C28H29NO. The van der Waals surface area contributed by atoms with Gasteiger partial charge in [0.05, 0.1) is 17.8 Å². The number of hydrogen-bond acceptors (Lipinski definition) is 2. The Balaban J connectivity index is 1.44. The van der Waals surface area contributed by atoms with Crippen LogP contribution in [0.15, 0.2) is 91.0 Å². The molecule has 2 heteroatoms. The standard InChI is InChI=1S/C28H29NO/c1-21-9-8-14-26(19-21)29-27(20-28(30-29)25-12-6-3-7-13-25)24-17-15-23(16-18-24)22-10-4-2-5-11-22/h2-6,8-11,14-19,25,27-28H,7,12-13,20H2,1H3. The summed E-state index contributed by atoms with van der Waals surface area (Å²) in [5.41, 5.74) is 6.26. The lowest BCUT2D eigenvalue weighted by molar-refractivity contribution is 0.0390. The maximum Gasteiger partial charge on any atom is 0.0911 e. The normalized spacial score (nSPS) is 23.6. The van der Waals surface area contributed by atoms with E-state index in [0.29, 0.717) is 5.92 Å². The summed E-state index contributed by atoms with van der Waals surface area (Å²) in [6.07, 6.45) is 9.48. The van der Waals surface area contributed by atoms with E-state index in [1.165, 1.54) is 35.1 Å². The van der Waals surface area contributed by atoms with Gasteiger partial charge in [-0.1, -0.05) is 78.9 Å². The van der Waals surface area contributed by atoms with Gasteiger partial charge in [-0.05, 0) is 66.5 Å². The molecule has 2 aliphatic rings. The van der Waals surface area contributed by atoms with Crippen molar-refractivity contribution in [2.75, 3.05) is 5.06 Å². The molecule has 1 heterocycles. The van der Waals surface area contributed by atoms with Crippen LogP contribution in [0.4, 0.5) is 5.69 Å². The Morgan fingerprint density at radius 3 is 2.37 bits per heavy atom. The lowest BCUT2D eigenvalue weighted by atomic mass is 9.86. The first kappa shape index (κ1) is 19.1. The van der Waals surface area contributed by atoms with Crippen LogP contribution >= 0.6 is 0 Å². The van der Waals surface area contributed by atoms with Crippen molar-refractivity contribution in [1.29, 1.82) is 0 Å². The number of hydroxylamine groups is 1. The number of benzene rings is 3. The minimum Gasteiger partial charge on any atom is -0.269 e. The summed E-state index contributed by atoms with van der Waals surface area (Å²) in [7, 11) is 0. The second kappa shape index (κ2) is 8.49. The molecule has 0 bridgehead atoms. The van der Waals surface area contributed by atoms with Crippen molar-refractivity contribution in [1.82, 2.24) is 0 Å². The number of nitrogens with zero attached hydrogens (tertiary/aromatic N) is 1. The molecule has 0 amide bonds. The third-order valence-corrected chi connectivity index (χ3v) is 6.48. The van der Waals surface area contributed by atoms with Crippen molar-refractivity contribution in [2.45, 2.75) is 44.8 Å². The molecule has 3 atom stereocenters. The fourth-order valence-electron chi connectivity index (χ4n) is 4.82. The Morgan fingerprint density at radius 1 is 0.833 bits per heavy atom. The van der Waals surface area contributed by atoms with Gasteiger partial charge in [0.25, 0.3) is 0 Å². The maximum atomic E-state index is 6.62. The zero-order valence-corrected chi connectivity index (χ0v) is 17.6. The van der Waals surface area contributed by atoms with Crippen molar-refractivity contribution >= 4 is 5.69 Å². The SMILES string of the molecule is Cc1cccc(N2OC(C3CC=CCC3)CC2c2ccc(-c3ccccc3)cc2)c1. The van der Waals surface area contributed by atoms with Crippen molar-refractivity contribution in [3.05, 3.63) is 102 Å². The van der Waals surface area contributed by atoms with Crippen LogP contribution in [0.1, 0.15) is 42.9 Å². The minimum atomic E-state index is 0.243. The molecule has 5 rings (SSSR count). The molecule has 0 saturated carbocycles. The number of rotatable bonds is 4. The second-order valence-corrected chi connectivity index (χ2v) is 8.59. The van der Waals surface area contributed by atoms with Gasteiger partial charge < -0.3 is 0 Å². The lowest BCUT2D eigenvalue weighted by Crippen LogP contribution is -2.25. The molecule has 30 heavy (non-hydrogen) atoms. The average Bonchev–Trinajstić information content (AvgIpc) is 3.26. The van der Waals surface area contributed by atoms with Crippen LogP contribution in [0.2, 0.25) is 0 Å². The van der Waals surface area contributed by atoms with E-state index in [1.807, 2.05) is 0 Å². The van der Waals surface area contributed by atoms with Crippen LogP contribution in [0.25, 0.3) is 11.1 Å². The molecule has 1 fully saturated rings. The fraction of sp³-hybridized carbons (Fsp3) is 0.286. The van der Waals surface area contributed by atoms with E-state index in [9.17, 15) is 0 Å². The molecule has 1 aliphatic carbocycles. The van der Waals surface area contributed by atoms with E-state index in [-0.39, 0.29) is 12.1 Å². The summed E-state index contributed by atoms with van der Waals surface area (Å²) in [5, 5.41) is 2.17. The average molecular weight is 396 g/mol. The number of allylic oxidation sites excluding steroid dienone is 2. The highest BCUT2D eigenvalue weighted by Crippen LogP contribution is 2.43. The Labute approximate surface area is 179 Å². The van der Waals surface area contributed by atoms with Crippen LogP contribution in [0.5, 0.6) is 0 Å². The molecule has 0 spiro atoms. The van der Waals surface area contributed by atoms with E-state index in [1.54, 1.807) is 0 Å². The quantitative estimate of drug-likeness (QED) is 0.431. The summed E-state index contributed by atoms with van der Waals surface area (Å²) >= 11 is 0. The van der Waals surface area contributed by atoms with E-state index < -0.39 is 0 Å². The Hall–Kier alpha value is -2.84. The zero-order chi connectivity index (χ0) is 20.3. The molecule has 152 valence electrons. The van der Waals surface area contributed by atoms with Crippen molar-refractivity contribution < 1.29 is 4.84 Å². The third kappa shape index (κ3) is 3.93. The topological polar surface area (TPSA) is 12.5 Å². The van der Waals surface area contributed by atoms with Crippen LogP contribution in [0.3, 0.4) is 0 Å². The largest absolute Gasteiger partial charge is 0.269 e. The number of aryl methyl sites for hydroxylation is 1. The van der Waals surface area contributed by atoms with Gasteiger partial charge in [-0.25, -0.2) is 5.06 Å². The first-order valence-corrected chi connectivity index (χ1v) is 11.1. The van der Waals surface area contributed by atoms with Gasteiger partial charge in [0.2, 0.25) is 0 Å². The highest BCUT2D eigenvalue weighted by molar-refractivity contribution is 5.63. The summed E-state index contributed by atoms with van der Waals surface area (Å²) < 4.78 is 0. The van der Waals surface area contributed by atoms with Gasteiger partial charge in [-0.15, -0.1) is 0 Å². The minimum absolute atomic E-state index is 0.243. The molecule has 0 N–H and O–H groups in total. The van der Waals surface area contributed by atoms with Crippen LogP contribution in [-0.2, 0) is 4.84 Å². The zero-order valence-electron chi connectivity index (χ0n) is 17.6. The van der Waals surface area contributed by atoms with Gasteiger partial charge in [-0.3, -0.25) is 4.84 Å². The van der Waals surface area contributed by atoms with Gasteiger partial charge in [0.15, 0.2) is 0 Å². The Bertz CT molecular complexity index is 1010. The Kier molecular flexibility index (Phi) is 5.42. The van der Waals surface area contributed by atoms with Crippen LogP contribution in [0, 0.1) is 12.8 Å². The van der Waals surface area contributed by atoms with E-state index in [4.69, 9.17) is 4.84 Å². The second-order valence-electron chi connectivity index (χ2n) is 8.59. The van der Waals surface area contributed by atoms with Crippen molar-refractivity contribution in [3.8, 4) is 11.1 Å². The van der Waals surface area contributed by atoms with Gasteiger partial charge in [-0.2, -0.15) is 0 Å². The summed E-state index contributed by atoms with van der Waals surface area (Å²) in [6, 6.07) is 28.5. The number of hydrogen-bond donors (Lipinski definition) is 0. The first-order chi connectivity index (χ1) is 14.8. The molecule has 1 saturated heterocycles. The Morgan fingerprint density at radius 2 is 1.63 bits per heavy atom. The molecule has 1 aliphatic heterocycles. The maximum absolute atomic E-state index is 6.62. The highest BCUT2D eigenvalue weighted by atomic mass is 16.7. The lowest BCUT2D eigenvalue weighted by Gasteiger charge is -2.27. The van der Waals surface area contributed by atoms with E-state index >= 15 is 0 Å². The molecule has 3 aromatic carbocycles. The van der Waals surface area contributed by atoms with Gasteiger partial charge in [0, 0.05) is 6.42 Å². The monoisotopic (exact) mass is 395 g/mol. The molecular weight excluding hydrogens is 366 g/mol. The predicted octanol–water partition coefficient (Wildman–Crippen LogP) is 7.27. The predicted molar refractivity (Wildman–Crippen MR) is 124 cm³/mol. The fourth-order valence-corrected chi connectivity index (χ4v) is 4.82.